The number of benzene rings is 1. The van der Waals surface area contributed by atoms with Gasteiger partial charge in [-0.3, -0.25) is 0 Å². The number of halogens is 1. The maximum absolute atomic E-state index is 12.8. The Morgan fingerprint density at radius 3 is 2.37 bits per heavy atom. The maximum Gasteiger partial charge on any atom is 0.123 e. The largest absolute Gasteiger partial charge is 0.313 e. The average Bonchev–Trinajstić information content (AvgIpc) is 2.34. The minimum atomic E-state index is -0.166. The van der Waals surface area contributed by atoms with Crippen LogP contribution in [0.25, 0.3) is 0 Å². The molecule has 0 saturated heterocycles. The van der Waals surface area contributed by atoms with Gasteiger partial charge in [-0.25, -0.2) is 4.39 Å². The van der Waals surface area contributed by atoms with Gasteiger partial charge in [0.25, 0.3) is 0 Å². The summed E-state index contributed by atoms with van der Waals surface area (Å²) in [6, 6.07) is 7.29. The minimum Gasteiger partial charge on any atom is -0.313 e. The van der Waals surface area contributed by atoms with E-state index in [0.29, 0.717) is 11.5 Å². The van der Waals surface area contributed by atoms with Gasteiger partial charge >= 0.3 is 0 Å². The lowest BCUT2D eigenvalue weighted by atomic mass is 9.89. The standard InChI is InChI=1S/C16H26FNS/c1-5-18-14(10-11-16(2,3)4)12-19-15-8-6-13(17)7-9-15/h6-9,14,18H,5,10-12H2,1-4H3. The van der Waals surface area contributed by atoms with Crippen LogP contribution in [-0.4, -0.2) is 18.3 Å². The Labute approximate surface area is 121 Å². The zero-order valence-corrected chi connectivity index (χ0v) is 13.3. The molecule has 1 aromatic rings. The predicted molar refractivity (Wildman–Crippen MR) is 83.3 cm³/mol. The highest BCUT2D eigenvalue weighted by atomic mass is 32.2. The Hall–Kier alpha value is -0.540. The third-order valence-corrected chi connectivity index (χ3v) is 4.17. The fourth-order valence-electron chi connectivity index (χ4n) is 1.87. The molecule has 0 radical (unpaired) electrons. The smallest absolute Gasteiger partial charge is 0.123 e. The number of thioether (sulfide) groups is 1. The molecule has 1 atom stereocenters. The SMILES string of the molecule is CCNC(CCC(C)(C)C)CSc1ccc(F)cc1. The van der Waals surface area contributed by atoms with Gasteiger partial charge in [-0.15, -0.1) is 11.8 Å². The van der Waals surface area contributed by atoms with Crippen molar-refractivity contribution in [3.05, 3.63) is 30.1 Å². The number of hydrogen-bond acceptors (Lipinski definition) is 2. The van der Waals surface area contributed by atoms with Gasteiger partial charge in [0, 0.05) is 16.7 Å². The minimum absolute atomic E-state index is 0.166. The molecule has 1 nitrogen and oxygen atoms in total. The Balaban J connectivity index is 2.42. The van der Waals surface area contributed by atoms with Crippen molar-refractivity contribution in [1.29, 1.82) is 0 Å². The van der Waals surface area contributed by atoms with E-state index in [2.05, 4.69) is 33.0 Å². The molecule has 0 spiro atoms. The quantitative estimate of drug-likeness (QED) is 0.727. The second-order valence-electron chi connectivity index (χ2n) is 6.12. The van der Waals surface area contributed by atoms with Crippen molar-refractivity contribution < 1.29 is 4.39 Å². The van der Waals surface area contributed by atoms with Crippen molar-refractivity contribution in [2.75, 3.05) is 12.3 Å². The van der Waals surface area contributed by atoms with Gasteiger partial charge in [-0.1, -0.05) is 27.7 Å². The summed E-state index contributed by atoms with van der Waals surface area (Å²) in [7, 11) is 0. The Bertz CT molecular complexity index is 356. The molecule has 0 fully saturated rings. The van der Waals surface area contributed by atoms with Crippen LogP contribution in [-0.2, 0) is 0 Å². The summed E-state index contributed by atoms with van der Waals surface area (Å²) in [5.74, 6) is 0.871. The zero-order chi connectivity index (χ0) is 14.3. The summed E-state index contributed by atoms with van der Waals surface area (Å²) in [6.07, 6.45) is 2.40. The molecule has 0 bridgehead atoms. The van der Waals surface area contributed by atoms with Gasteiger partial charge in [0.1, 0.15) is 5.82 Å². The highest BCUT2D eigenvalue weighted by molar-refractivity contribution is 7.99. The van der Waals surface area contributed by atoms with E-state index in [1.54, 1.807) is 11.8 Å². The lowest BCUT2D eigenvalue weighted by Crippen LogP contribution is -2.32. The van der Waals surface area contributed by atoms with E-state index in [4.69, 9.17) is 0 Å². The molecule has 19 heavy (non-hydrogen) atoms. The summed E-state index contributed by atoms with van der Waals surface area (Å²) < 4.78 is 12.8. The lowest BCUT2D eigenvalue weighted by Gasteiger charge is -2.23. The molecule has 0 aliphatic rings. The Morgan fingerprint density at radius 1 is 1.21 bits per heavy atom. The topological polar surface area (TPSA) is 12.0 Å². The summed E-state index contributed by atoms with van der Waals surface area (Å²) >= 11 is 1.80. The monoisotopic (exact) mass is 283 g/mol. The molecule has 0 saturated carbocycles. The molecule has 1 rings (SSSR count). The van der Waals surface area contributed by atoms with Crippen LogP contribution in [0.3, 0.4) is 0 Å². The average molecular weight is 283 g/mol. The molecule has 3 heteroatoms. The zero-order valence-electron chi connectivity index (χ0n) is 12.5. The van der Waals surface area contributed by atoms with Crippen molar-refractivity contribution in [2.45, 2.75) is 51.5 Å². The summed E-state index contributed by atoms with van der Waals surface area (Å²) in [4.78, 5) is 1.14. The molecular weight excluding hydrogens is 257 g/mol. The molecule has 0 heterocycles. The highest BCUT2D eigenvalue weighted by Gasteiger charge is 2.15. The van der Waals surface area contributed by atoms with E-state index in [1.165, 1.54) is 25.0 Å². The van der Waals surface area contributed by atoms with Crippen molar-refractivity contribution >= 4 is 11.8 Å². The van der Waals surface area contributed by atoms with E-state index < -0.39 is 0 Å². The van der Waals surface area contributed by atoms with E-state index in [1.807, 2.05) is 12.1 Å². The van der Waals surface area contributed by atoms with Crippen molar-refractivity contribution in [3.63, 3.8) is 0 Å². The van der Waals surface area contributed by atoms with Crippen molar-refractivity contribution in [1.82, 2.24) is 5.32 Å². The Morgan fingerprint density at radius 2 is 1.84 bits per heavy atom. The van der Waals surface area contributed by atoms with Gasteiger partial charge in [0.05, 0.1) is 0 Å². The van der Waals surface area contributed by atoms with E-state index in [9.17, 15) is 4.39 Å². The molecule has 0 aliphatic carbocycles. The molecule has 1 aromatic carbocycles. The first kappa shape index (κ1) is 16.5. The Kier molecular flexibility index (Phi) is 6.87. The summed E-state index contributed by atoms with van der Waals surface area (Å²) in [6.45, 7) is 9.99. The van der Waals surface area contributed by atoms with Gasteiger partial charge in [0.2, 0.25) is 0 Å². The summed E-state index contributed by atoms with van der Waals surface area (Å²) in [5.41, 5.74) is 0.383. The third kappa shape index (κ3) is 7.58. The molecule has 1 N–H and O–H groups in total. The van der Waals surface area contributed by atoms with Crippen molar-refractivity contribution in [3.8, 4) is 0 Å². The third-order valence-electron chi connectivity index (χ3n) is 3.00. The van der Waals surface area contributed by atoms with E-state index in [0.717, 1.165) is 17.2 Å². The van der Waals surface area contributed by atoms with Crippen LogP contribution >= 0.6 is 11.8 Å². The number of rotatable bonds is 7. The van der Waals surface area contributed by atoms with Crippen LogP contribution in [0.2, 0.25) is 0 Å². The van der Waals surface area contributed by atoms with E-state index >= 15 is 0 Å². The van der Waals surface area contributed by atoms with Crippen LogP contribution < -0.4 is 5.32 Å². The van der Waals surface area contributed by atoms with Crippen LogP contribution in [0, 0.1) is 11.2 Å². The van der Waals surface area contributed by atoms with Crippen LogP contribution in [0.5, 0.6) is 0 Å². The van der Waals surface area contributed by atoms with Crippen LogP contribution in [0.1, 0.15) is 40.5 Å². The first-order chi connectivity index (χ1) is 8.90. The van der Waals surface area contributed by atoms with E-state index in [-0.39, 0.29) is 5.82 Å². The predicted octanol–water partition coefficient (Wildman–Crippen LogP) is 4.72. The molecule has 0 amide bonds. The molecule has 108 valence electrons. The second kappa shape index (κ2) is 7.91. The molecule has 0 aromatic heterocycles. The molecular formula is C16H26FNS. The van der Waals surface area contributed by atoms with Gasteiger partial charge in [-0.2, -0.15) is 0 Å². The first-order valence-corrected chi connectivity index (χ1v) is 8.01. The number of nitrogens with one attached hydrogen (secondary N) is 1. The fourth-order valence-corrected chi connectivity index (χ4v) is 2.87. The normalized spacial score (nSPS) is 13.5. The molecule has 0 aliphatic heterocycles. The first-order valence-electron chi connectivity index (χ1n) is 7.02. The summed E-state index contributed by atoms with van der Waals surface area (Å²) in [5, 5.41) is 3.54. The number of hydrogen-bond donors (Lipinski definition) is 1. The van der Waals surface area contributed by atoms with Gasteiger partial charge < -0.3 is 5.32 Å². The highest BCUT2D eigenvalue weighted by Crippen LogP contribution is 2.25. The fraction of sp³-hybridized carbons (Fsp3) is 0.625. The maximum atomic E-state index is 12.8. The van der Waals surface area contributed by atoms with Crippen LogP contribution in [0.4, 0.5) is 4.39 Å². The van der Waals surface area contributed by atoms with Gasteiger partial charge in [-0.05, 0) is 49.1 Å². The molecule has 1 unspecified atom stereocenters. The second-order valence-corrected chi connectivity index (χ2v) is 7.21. The van der Waals surface area contributed by atoms with Crippen LogP contribution in [0.15, 0.2) is 29.2 Å². The van der Waals surface area contributed by atoms with Crippen molar-refractivity contribution in [2.24, 2.45) is 5.41 Å². The van der Waals surface area contributed by atoms with Gasteiger partial charge in [0.15, 0.2) is 0 Å². The lowest BCUT2D eigenvalue weighted by molar-refractivity contribution is 0.340.